The van der Waals surface area contributed by atoms with Crippen molar-refractivity contribution >= 4 is 29.6 Å². The molecule has 0 radical (unpaired) electrons. The number of nitrogens with one attached hydrogen (secondary N) is 2. The molecule has 0 heterocycles. The van der Waals surface area contributed by atoms with Gasteiger partial charge in [0.15, 0.2) is 0 Å². The van der Waals surface area contributed by atoms with Crippen LogP contribution in [-0.4, -0.2) is 30.7 Å². The largest absolute Gasteiger partial charge is 0.493 e. The van der Waals surface area contributed by atoms with Crippen molar-refractivity contribution in [1.82, 2.24) is 10.7 Å². The van der Waals surface area contributed by atoms with Crippen LogP contribution in [0.15, 0.2) is 53.6 Å². The first-order valence-corrected chi connectivity index (χ1v) is 10.9. The third kappa shape index (κ3) is 8.42. The Kier molecular flexibility index (Phi) is 10.0. The molecule has 0 aromatic heterocycles. The van der Waals surface area contributed by atoms with E-state index in [9.17, 15) is 9.59 Å². The highest BCUT2D eigenvalue weighted by atomic mass is 35.5. The summed E-state index contributed by atoms with van der Waals surface area (Å²) < 4.78 is 5.77. The van der Waals surface area contributed by atoms with Gasteiger partial charge in [-0.25, -0.2) is 5.43 Å². The number of hydrazone groups is 1. The van der Waals surface area contributed by atoms with Gasteiger partial charge in [-0.1, -0.05) is 50.9 Å². The molecule has 2 aromatic carbocycles. The van der Waals surface area contributed by atoms with Crippen molar-refractivity contribution in [2.24, 2.45) is 11.0 Å². The Bertz CT molecular complexity index is 882. The number of nitrogens with zero attached hydrogens (tertiary/aromatic N) is 1. The highest BCUT2D eigenvalue weighted by Crippen LogP contribution is 2.16. The van der Waals surface area contributed by atoms with Crippen LogP contribution in [0.4, 0.5) is 0 Å². The Morgan fingerprint density at radius 3 is 2.52 bits per heavy atom. The summed E-state index contributed by atoms with van der Waals surface area (Å²) in [5.41, 5.74) is 3.74. The van der Waals surface area contributed by atoms with E-state index < -0.39 is 6.04 Å². The van der Waals surface area contributed by atoms with Crippen molar-refractivity contribution in [3.05, 3.63) is 64.7 Å². The van der Waals surface area contributed by atoms with Gasteiger partial charge in [-0.15, -0.1) is 0 Å². The van der Waals surface area contributed by atoms with Crippen LogP contribution in [-0.2, 0) is 4.79 Å². The van der Waals surface area contributed by atoms with E-state index in [2.05, 4.69) is 22.8 Å². The molecule has 2 N–H and O–H groups in total. The van der Waals surface area contributed by atoms with Crippen molar-refractivity contribution in [1.29, 1.82) is 0 Å². The zero-order chi connectivity index (χ0) is 22.6. The molecule has 166 valence electrons. The Morgan fingerprint density at radius 1 is 1.13 bits per heavy atom. The molecule has 1 unspecified atom stereocenters. The summed E-state index contributed by atoms with van der Waals surface area (Å²) in [7, 11) is 0. The van der Waals surface area contributed by atoms with Crippen LogP contribution in [0.1, 0.15) is 56.0 Å². The second-order valence-corrected chi connectivity index (χ2v) is 8.07. The highest BCUT2D eigenvalue weighted by Gasteiger charge is 2.22. The van der Waals surface area contributed by atoms with E-state index in [0.717, 1.165) is 18.4 Å². The number of halogens is 1. The van der Waals surface area contributed by atoms with Gasteiger partial charge in [-0.05, 0) is 55.2 Å². The van der Waals surface area contributed by atoms with Crippen molar-refractivity contribution < 1.29 is 14.3 Å². The maximum Gasteiger partial charge on any atom is 0.262 e. The third-order valence-electron chi connectivity index (χ3n) is 4.49. The molecule has 6 nitrogen and oxygen atoms in total. The number of para-hydroxylation sites is 1. The molecule has 0 saturated heterocycles. The summed E-state index contributed by atoms with van der Waals surface area (Å²) in [6, 6.07) is 13.3. The number of carbonyl (C=O) groups is 2. The topological polar surface area (TPSA) is 79.8 Å². The standard InChI is InChI=1S/C24H30ClN3O3/c1-4-5-14-31-22-9-7-6-8-19(22)16-26-28-24(30)21(15-17(2)3)27-23(29)18-10-12-20(25)13-11-18/h6-13,16-17,21H,4-5,14-15H2,1-3H3,(H,27,29)(H,28,30). The quantitative estimate of drug-likeness (QED) is 0.297. The van der Waals surface area contributed by atoms with Crippen LogP contribution < -0.4 is 15.5 Å². The zero-order valence-corrected chi connectivity index (χ0v) is 19.0. The second-order valence-electron chi connectivity index (χ2n) is 7.64. The Balaban J connectivity index is 2.02. The molecule has 0 spiro atoms. The van der Waals surface area contributed by atoms with Crippen LogP contribution in [0.2, 0.25) is 5.02 Å². The molecule has 0 aliphatic carbocycles. The fourth-order valence-corrected chi connectivity index (χ4v) is 2.96. The molecular formula is C24H30ClN3O3. The molecule has 0 fully saturated rings. The minimum absolute atomic E-state index is 0.206. The van der Waals surface area contributed by atoms with E-state index in [1.807, 2.05) is 38.1 Å². The molecule has 0 saturated carbocycles. The van der Waals surface area contributed by atoms with Crippen molar-refractivity contribution in [2.75, 3.05) is 6.61 Å². The van der Waals surface area contributed by atoms with Gasteiger partial charge in [-0.3, -0.25) is 9.59 Å². The lowest BCUT2D eigenvalue weighted by atomic mass is 10.0. The first-order valence-electron chi connectivity index (χ1n) is 10.5. The van der Waals surface area contributed by atoms with Gasteiger partial charge in [0.25, 0.3) is 11.8 Å². The number of unbranched alkanes of at least 4 members (excludes halogenated alkanes) is 1. The Hall–Kier alpha value is -2.86. The average Bonchev–Trinajstić information content (AvgIpc) is 2.74. The number of hydrogen-bond acceptors (Lipinski definition) is 4. The molecule has 1 atom stereocenters. The summed E-state index contributed by atoms with van der Waals surface area (Å²) in [6.45, 7) is 6.70. The van der Waals surface area contributed by atoms with E-state index in [0.29, 0.717) is 29.4 Å². The lowest BCUT2D eigenvalue weighted by Gasteiger charge is -2.19. The minimum atomic E-state index is -0.712. The summed E-state index contributed by atoms with van der Waals surface area (Å²) in [5.74, 6) is 0.203. The predicted octanol–water partition coefficient (Wildman–Crippen LogP) is 4.81. The number of hydrogen-bond donors (Lipinski definition) is 2. The van der Waals surface area contributed by atoms with E-state index in [1.165, 1.54) is 0 Å². The van der Waals surface area contributed by atoms with Gasteiger partial charge in [0.1, 0.15) is 11.8 Å². The Labute approximate surface area is 189 Å². The lowest BCUT2D eigenvalue weighted by Crippen LogP contribution is -2.46. The minimum Gasteiger partial charge on any atom is -0.493 e. The lowest BCUT2D eigenvalue weighted by molar-refractivity contribution is -0.123. The van der Waals surface area contributed by atoms with Crippen molar-refractivity contribution in [3.8, 4) is 5.75 Å². The molecular weight excluding hydrogens is 414 g/mol. The maximum atomic E-state index is 12.7. The Morgan fingerprint density at radius 2 is 1.84 bits per heavy atom. The fourth-order valence-electron chi connectivity index (χ4n) is 2.83. The third-order valence-corrected chi connectivity index (χ3v) is 4.74. The van der Waals surface area contributed by atoms with E-state index in [4.69, 9.17) is 16.3 Å². The SMILES string of the molecule is CCCCOc1ccccc1C=NNC(=O)C(CC(C)C)NC(=O)c1ccc(Cl)cc1. The average molecular weight is 444 g/mol. The second kappa shape index (κ2) is 12.7. The number of ether oxygens (including phenoxy) is 1. The van der Waals surface area contributed by atoms with Gasteiger partial charge in [0, 0.05) is 16.1 Å². The molecule has 2 rings (SSSR count). The van der Waals surface area contributed by atoms with Crippen LogP contribution >= 0.6 is 11.6 Å². The van der Waals surface area contributed by atoms with E-state index >= 15 is 0 Å². The summed E-state index contributed by atoms with van der Waals surface area (Å²) in [4.78, 5) is 25.2. The zero-order valence-electron chi connectivity index (χ0n) is 18.2. The first kappa shape index (κ1) is 24.4. The van der Waals surface area contributed by atoms with Crippen LogP contribution in [0, 0.1) is 5.92 Å². The van der Waals surface area contributed by atoms with Gasteiger partial charge in [0.2, 0.25) is 0 Å². The van der Waals surface area contributed by atoms with Gasteiger partial charge >= 0.3 is 0 Å². The predicted molar refractivity (Wildman–Crippen MR) is 125 cm³/mol. The van der Waals surface area contributed by atoms with Crippen molar-refractivity contribution in [2.45, 2.75) is 46.1 Å². The summed E-state index contributed by atoms with van der Waals surface area (Å²) in [6.07, 6.45) is 4.04. The molecule has 0 aliphatic heterocycles. The van der Waals surface area contributed by atoms with Crippen molar-refractivity contribution in [3.63, 3.8) is 0 Å². The van der Waals surface area contributed by atoms with Crippen LogP contribution in [0.3, 0.4) is 0 Å². The number of carbonyl (C=O) groups excluding carboxylic acids is 2. The van der Waals surface area contributed by atoms with Gasteiger partial charge in [0.05, 0.1) is 12.8 Å². The fraction of sp³-hybridized carbons (Fsp3) is 0.375. The van der Waals surface area contributed by atoms with Gasteiger partial charge < -0.3 is 10.1 Å². The summed E-state index contributed by atoms with van der Waals surface area (Å²) >= 11 is 5.87. The van der Waals surface area contributed by atoms with E-state index in [1.54, 1.807) is 30.5 Å². The highest BCUT2D eigenvalue weighted by molar-refractivity contribution is 6.30. The molecule has 2 amide bonds. The molecule has 0 bridgehead atoms. The molecule has 0 aliphatic rings. The van der Waals surface area contributed by atoms with Crippen LogP contribution in [0.5, 0.6) is 5.75 Å². The van der Waals surface area contributed by atoms with Gasteiger partial charge in [-0.2, -0.15) is 5.10 Å². The first-order chi connectivity index (χ1) is 14.9. The number of benzene rings is 2. The maximum absolute atomic E-state index is 12.7. The molecule has 31 heavy (non-hydrogen) atoms. The smallest absolute Gasteiger partial charge is 0.262 e. The van der Waals surface area contributed by atoms with Crippen LogP contribution in [0.25, 0.3) is 0 Å². The number of amides is 2. The number of rotatable bonds is 11. The monoisotopic (exact) mass is 443 g/mol. The normalized spacial score (nSPS) is 12.0. The molecule has 2 aromatic rings. The van der Waals surface area contributed by atoms with E-state index in [-0.39, 0.29) is 17.7 Å². The molecule has 7 heteroatoms. The summed E-state index contributed by atoms with van der Waals surface area (Å²) in [5, 5.41) is 7.41.